The maximum atomic E-state index is 11.3. The van der Waals surface area contributed by atoms with E-state index in [0.717, 1.165) is 0 Å². The second-order valence-electron chi connectivity index (χ2n) is 3.25. The Kier molecular flexibility index (Phi) is 5.95. The fourth-order valence-electron chi connectivity index (χ4n) is 1.14. The van der Waals surface area contributed by atoms with Crippen LogP contribution in [0.15, 0.2) is 34.5 Å². The van der Waals surface area contributed by atoms with Gasteiger partial charge in [0.1, 0.15) is 23.3 Å². The number of nitrogens with two attached hydrogens (primary N) is 1. The van der Waals surface area contributed by atoms with Gasteiger partial charge >= 0.3 is 5.97 Å². The third-order valence-corrected chi connectivity index (χ3v) is 2.69. The Bertz CT molecular complexity index is 434. The number of ether oxygens (including phenoxy) is 1. The van der Waals surface area contributed by atoms with Crippen LogP contribution < -0.4 is 9.88 Å². The maximum Gasteiger partial charge on any atom is 0.311 e. The predicted octanol–water partition coefficient (Wildman–Crippen LogP) is 1.05. The number of esters is 1. The molecule has 0 fully saturated rings. The van der Waals surface area contributed by atoms with Gasteiger partial charge < -0.3 is 9.57 Å². The molecule has 0 saturated heterocycles. The number of nitrogens with zero attached hydrogens (tertiary/aromatic N) is 1. The molecule has 2 N–H and O–H groups in total. The first-order valence-electron chi connectivity index (χ1n) is 5.05. The molecule has 0 heterocycles. The molecular weight excluding hydrogens is 260 g/mol. The lowest BCUT2D eigenvalue weighted by atomic mass is 10.3. The molecule has 8 heteroatoms. The molecule has 18 heavy (non-hydrogen) atoms. The van der Waals surface area contributed by atoms with E-state index < -0.39 is 17.0 Å². The zero-order valence-corrected chi connectivity index (χ0v) is 10.2. The van der Waals surface area contributed by atoms with Crippen molar-refractivity contribution in [2.24, 2.45) is 10.5 Å². The molecule has 1 rings (SSSR count). The summed E-state index contributed by atoms with van der Waals surface area (Å²) in [7, 11) is -1.55. The Balaban J connectivity index is 2.39. The molecule has 1 unspecified atom stereocenters. The van der Waals surface area contributed by atoms with E-state index in [0.29, 0.717) is 17.1 Å². The fraction of sp³-hybridized carbons (Fsp3) is 0.300. The first kappa shape index (κ1) is 14.3. The lowest BCUT2D eigenvalue weighted by molar-refractivity contribution is -0.134. The van der Waals surface area contributed by atoms with Crippen LogP contribution in [0.3, 0.4) is 0 Å². The lowest BCUT2D eigenvalue weighted by Crippen LogP contribution is -2.09. The molecule has 98 valence electrons. The van der Waals surface area contributed by atoms with E-state index >= 15 is 0 Å². The SMILES string of the molecule is NS(=O)c1ccc(OC(=O)CCCON=O)cc1. The first-order chi connectivity index (χ1) is 8.63. The third-order valence-electron chi connectivity index (χ3n) is 1.96. The fourth-order valence-corrected chi connectivity index (χ4v) is 1.55. The summed E-state index contributed by atoms with van der Waals surface area (Å²) in [5.74, 6) is -0.116. The summed E-state index contributed by atoms with van der Waals surface area (Å²) in [6.07, 6.45) is 0.454. The van der Waals surface area contributed by atoms with Crippen LogP contribution in [-0.2, 0) is 20.6 Å². The minimum atomic E-state index is -1.55. The van der Waals surface area contributed by atoms with Crippen LogP contribution in [0.4, 0.5) is 0 Å². The van der Waals surface area contributed by atoms with Gasteiger partial charge in [0.05, 0.1) is 4.90 Å². The van der Waals surface area contributed by atoms with Gasteiger partial charge in [0.25, 0.3) is 0 Å². The molecule has 1 aromatic carbocycles. The van der Waals surface area contributed by atoms with E-state index in [2.05, 4.69) is 10.2 Å². The van der Waals surface area contributed by atoms with Crippen LogP contribution in [0.1, 0.15) is 12.8 Å². The van der Waals surface area contributed by atoms with Gasteiger partial charge in [-0.15, -0.1) is 4.91 Å². The quantitative estimate of drug-likeness (QED) is 0.262. The Labute approximate surface area is 106 Å². The topological polar surface area (TPSA) is 108 Å². The summed E-state index contributed by atoms with van der Waals surface area (Å²) in [5.41, 5.74) is 0. The van der Waals surface area contributed by atoms with Crippen molar-refractivity contribution in [1.82, 2.24) is 0 Å². The summed E-state index contributed by atoms with van der Waals surface area (Å²) >= 11 is 0. The molecule has 0 aliphatic heterocycles. The van der Waals surface area contributed by atoms with E-state index in [1.54, 1.807) is 0 Å². The van der Waals surface area contributed by atoms with E-state index in [1.807, 2.05) is 0 Å². The van der Waals surface area contributed by atoms with Gasteiger partial charge in [-0.1, -0.05) is 0 Å². The molecule has 0 radical (unpaired) electrons. The largest absolute Gasteiger partial charge is 0.427 e. The van der Waals surface area contributed by atoms with E-state index in [9.17, 15) is 13.9 Å². The number of carbonyl (C=O) groups excluding carboxylic acids is 1. The van der Waals surface area contributed by atoms with Crippen molar-refractivity contribution < 1.29 is 18.6 Å². The van der Waals surface area contributed by atoms with Crippen molar-refractivity contribution >= 4 is 17.0 Å². The van der Waals surface area contributed by atoms with Crippen LogP contribution >= 0.6 is 0 Å². The summed E-state index contributed by atoms with van der Waals surface area (Å²) in [5, 5.41) is 7.38. The normalized spacial score (nSPS) is 11.6. The molecule has 0 aromatic heterocycles. The highest BCUT2D eigenvalue weighted by molar-refractivity contribution is 7.82. The molecule has 0 spiro atoms. The van der Waals surface area contributed by atoms with Crippen molar-refractivity contribution in [2.45, 2.75) is 17.7 Å². The summed E-state index contributed by atoms with van der Waals surface area (Å²) in [4.78, 5) is 25.6. The van der Waals surface area contributed by atoms with Crippen molar-refractivity contribution in [3.8, 4) is 5.75 Å². The van der Waals surface area contributed by atoms with Crippen molar-refractivity contribution in [2.75, 3.05) is 6.61 Å². The Hall–Kier alpha value is -1.80. The van der Waals surface area contributed by atoms with Crippen molar-refractivity contribution in [1.29, 1.82) is 0 Å². The molecule has 7 nitrogen and oxygen atoms in total. The second kappa shape index (κ2) is 7.51. The minimum Gasteiger partial charge on any atom is -0.427 e. The van der Waals surface area contributed by atoms with E-state index in [-0.39, 0.29) is 13.0 Å². The van der Waals surface area contributed by atoms with Crippen LogP contribution in [0.2, 0.25) is 0 Å². The van der Waals surface area contributed by atoms with Crippen LogP contribution in [0.5, 0.6) is 5.75 Å². The smallest absolute Gasteiger partial charge is 0.311 e. The Morgan fingerprint density at radius 1 is 1.33 bits per heavy atom. The van der Waals surface area contributed by atoms with Gasteiger partial charge in [0.15, 0.2) is 5.34 Å². The summed E-state index contributed by atoms with van der Waals surface area (Å²) in [6, 6.07) is 6.03. The summed E-state index contributed by atoms with van der Waals surface area (Å²) in [6.45, 7) is 0.0731. The minimum absolute atomic E-state index is 0.0731. The molecule has 0 amide bonds. The Morgan fingerprint density at radius 3 is 2.56 bits per heavy atom. The van der Waals surface area contributed by atoms with Crippen LogP contribution in [0, 0.1) is 4.91 Å². The average Bonchev–Trinajstić information content (AvgIpc) is 2.35. The standard InChI is InChI=1S/C10H12N2O5S/c11-18(15)9-5-3-8(4-6-9)17-10(13)2-1-7-16-12-14/h3-6H,1-2,7,11H2. The van der Waals surface area contributed by atoms with Gasteiger partial charge in [-0.2, -0.15) is 0 Å². The molecule has 0 bridgehead atoms. The lowest BCUT2D eigenvalue weighted by Gasteiger charge is -2.04. The van der Waals surface area contributed by atoms with Crippen molar-refractivity contribution in [3.63, 3.8) is 0 Å². The second-order valence-corrected chi connectivity index (χ2v) is 4.32. The highest BCUT2D eigenvalue weighted by Gasteiger charge is 2.05. The van der Waals surface area contributed by atoms with Gasteiger partial charge in [-0.05, 0) is 30.7 Å². The molecule has 0 aliphatic rings. The van der Waals surface area contributed by atoms with Crippen LogP contribution in [-0.4, -0.2) is 16.8 Å². The number of carbonyl (C=O) groups is 1. The summed E-state index contributed by atoms with van der Waals surface area (Å²) < 4.78 is 15.9. The highest BCUT2D eigenvalue weighted by Crippen LogP contribution is 2.14. The van der Waals surface area contributed by atoms with Gasteiger partial charge in [0, 0.05) is 6.42 Å². The van der Waals surface area contributed by atoms with Crippen molar-refractivity contribution in [3.05, 3.63) is 29.2 Å². The average molecular weight is 272 g/mol. The molecule has 1 atom stereocenters. The number of hydrogen-bond donors (Lipinski definition) is 1. The Morgan fingerprint density at radius 2 is 2.00 bits per heavy atom. The first-order valence-corrected chi connectivity index (χ1v) is 6.26. The van der Waals surface area contributed by atoms with Gasteiger partial charge in [0.2, 0.25) is 0 Å². The van der Waals surface area contributed by atoms with E-state index in [4.69, 9.17) is 9.88 Å². The monoisotopic (exact) mass is 272 g/mol. The number of benzene rings is 1. The zero-order valence-electron chi connectivity index (χ0n) is 9.40. The number of rotatable bonds is 7. The highest BCUT2D eigenvalue weighted by atomic mass is 32.2. The van der Waals surface area contributed by atoms with Gasteiger partial charge in [-0.3, -0.25) is 4.79 Å². The predicted molar refractivity (Wildman–Crippen MR) is 63.7 cm³/mol. The molecule has 0 saturated carbocycles. The van der Waals surface area contributed by atoms with Crippen LogP contribution in [0.25, 0.3) is 0 Å². The maximum absolute atomic E-state index is 11.3. The molecule has 0 aliphatic carbocycles. The van der Waals surface area contributed by atoms with E-state index in [1.165, 1.54) is 24.3 Å². The number of hydrogen-bond acceptors (Lipinski definition) is 6. The van der Waals surface area contributed by atoms with Gasteiger partial charge in [-0.25, -0.2) is 9.35 Å². The third kappa shape index (κ3) is 5.02. The zero-order chi connectivity index (χ0) is 13.4. The molecule has 1 aromatic rings. The molecular formula is C10H12N2O5S.